The number of amides is 1. The van der Waals surface area contributed by atoms with Crippen LogP contribution in [0.5, 0.6) is 0 Å². The fourth-order valence-corrected chi connectivity index (χ4v) is 3.02. The lowest BCUT2D eigenvalue weighted by Gasteiger charge is -2.22. The van der Waals surface area contributed by atoms with Gasteiger partial charge in [-0.3, -0.25) is 4.79 Å². The first-order valence-corrected chi connectivity index (χ1v) is 8.67. The summed E-state index contributed by atoms with van der Waals surface area (Å²) in [5.41, 5.74) is 3.15. The number of furan rings is 1. The van der Waals surface area contributed by atoms with Crippen molar-refractivity contribution in [1.82, 2.24) is 9.88 Å². The van der Waals surface area contributed by atoms with Crippen LogP contribution in [0.1, 0.15) is 52.8 Å². The summed E-state index contributed by atoms with van der Waals surface area (Å²) >= 11 is 0. The summed E-state index contributed by atoms with van der Waals surface area (Å²) in [7, 11) is 0. The lowest BCUT2D eigenvalue weighted by Crippen LogP contribution is -2.31. The minimum absolute atomic E-state index is 0.124. The van der Waals surface area contributed by atoms with Gasteiger partial charge in [0.1, 0.15) is 11.5 Å². The zero-order chi connectivity index (χ0) is 18.0. The number of ether oxygens (including phenoxy) is 1. The molecule has 6 heteroatoms. The second-order valence-corrected chi connectivity index (χ2v) is 6.50. The molecule has 25 heavy (non-hydrogen) atoms. The van der Waals surface area contributed by atoms with Crippen molar-refractivity contribution >= 4 is 11.9 Å². The van der Waals surface area contributed by atoms with Crippen LogP contribution in [-0.2, 0) is 22.6 Å². The van der Waals surface area contributed by atoms with E-state index in [4.69, 9.17) is 9.15 Å². The fourth-order valence-electron chi connectivity index (χ4n) is 3.02. The van der Waals surface area contributed by atoms with Crippen LogP contribution < -0.4 is 0 Å². The highest BCUT2D eigenvalue weighted by molar-refractivity contribution is 5.90. The molecular weight excluding hydrogens is 320 g/mol. The van der Waals surface area contributed by atoms with Crippen molar-refractivity contribution in [3.05, 3.63) is 46.7 Å². The van der Waals surface area contributed by atoms with Crippen LogP contribution in [0.4, 0.5) is 0 Å². The van der Waals surface area contributed by atoms with Crippen molar-refractivity contribution in [3.8, 4) is 0 Å². The van der Waals surface area contributed by atoms with E-state index in [0.29, 0.717) is 25.4 Å². The first-order valence-electron chi connectivity index (χ1n) is 8.67. The molecule has 0 saturated heterocycles. The predicted octanol–water partition coefficient (Wildman–Crippen LogP) is 3.34. The van der Waals surface area contributed by atoms with Gasteiger partial charge in [0.2, 0.25) is 5.91 Å². The van der Waals surface area contributed by atoms with Gasteiger partial charge in [-0.1, -0.05) is 0 Å². The highest BCUT2D eigenvalue weighted by Gasteiger charge is 2.34. The number of aromatic nitrogens is 1. The van der Waals surface area contributed by atoms with E-state index in [1.165, 1.54) is 0 Å². The van der Waals surface area contributed by atoms with Crippen LogP contribution >= 0.6 is 0 Å². The molecule has 1 N–H and O–H groups in total. The monoisotopic (exact) mass is 344 g/mol. The largest absolute Gasteiger partial charge is 0.467 e. The van der Waals surface area contributed by atoms with Gasteiger partial charge >= 0.3 is 5.97 Å². The van der Waals surface area contributed by atoms with Crippen molar-refractivity contribution in [3.63, 3.8) is 0 Å². The molecule has 134 valence electrons. The first-order chi connectivity index (χ1) is 12.0. The van der Waals surface area contributed by atoms with E-state index in [-0.39, 0.29) is 17.8 Å². The Morgan fingerprint density at radius 3 is 2.68 bits per heavy atom. The van der Waals surface area contributed by atoms with Crippen molar-refractivity contribution in [2.45, 2.75) is 46.7 Å². The Kier molecular flexibility index (Phi) is 4.97. The SMILES string of the molecule is CCOC(=O)c1[nH]c(C)c(CN(Cc2ccco2)C(=O)C2CC2)c1C. The molecule has 0 spiro atoms. The number of hydrogen-bond donors (Lipinski definition) is 1. The van der Waals surface area contributed by atoms with E-state index in [1.807, 2.05) is 30.9 Å². The summed E-state index contributed by atoms with van der Waals surface area (Å²) in [5, 5.41) is 0. The molecular formula is C19H24N2O4. The number of nitrogens with one attached hydrogen (secondary N) is 1. The summed E-state index contributed by atoms with van der Waals surface area (Å²) in [6, 6.07) is 3.69. The summed E-state index contributed by atoms with van der Waals surface area (Å²) in [5.74, 6) is 0.666. The molecule has 0 aromatic carbocycles. The Morgan fingerprint density at radius 1 is 1.32 bits per heavy atom. The second-order valence-electron chi connectivity index (χ2n) is 6.50. The highest BCUT2D eigenvalue weighted by atomic mass is 16.5. The molecule has 0 unspecified atom stereocenters. The first kappa shape index (κ1) is 17.3. The maximum atomic E-state index is 12.7. The number of H-pyrrole nitrogens is 1. The van der Waals surface area contributed by atoms with Gasteiger partial charge in [-0.25, -0.2) is 4.79 Å². The number of aromatic amines is 1. The molecule has 2 heterocycles. The van der Waals surface area contributed by atoms with Gasteiger partial charge in [-0.05, 0) is 56.9 Å². The van der Waals surface area contributed by atoms with Gasteiger partial charge in [0.25, 0.3) is 0 Å². The van der Waals surface area contributed by atoms with Crippen LogP contribution in [0.15, 0.2) is 22.8 Å². The minimum atomic E-state index is -0.361. The molecule has 1 amide bonds. The van der Waals surface area contributed by atoms with E-state index in [0.717, 1.165) is 35.4 Å². The molecule has 0 radical (unpaired) electrons. The number of nitrogens with zero attached hydrogens (tertiary/aromatic N) is 1. The van der Waals surface area contributed by atoms with E-state index in [9.17, 15) is 9.59 Å². The lowest BCUT2D eigenvalue weighted by molar-refractivity contribution is -0.134. The Morgan fingerprint density at radius 2 is 2.08 bits per heavy atom. The smallest absolute Gasteiger partial charge is 0.355 e. The third kappa shape index (κ3) is 3.78. The van der Waals surface area contributed by atoms with Gasteiger partial charge in [0.05, 0.1) is 19.4 Å². The summed E-state index contributed by atoms with van der Waals surface area (Å²) in [6.07, 6.45) is 3.51. The highest BCUT2D eigenvalue weighted by Crippen LogP contribution is 2.33. The van der Waals surface area contributed by atoms with Gasteiger partial charge in [-0.15, -0.1) is 0 Å². The molecule has 1 saturated carbocycles. The van der Waals surface area contributed by atoms with E-state index < -0.39 is 0 Å². The quantitative estimate of drug-likeness (QED) is 0.782. The van der Waals surface area contributed by atoms with E-state index in [1.54, 1.807) is 13.2 Å². The summed E-state index contributed by atoms with van der Waals surface area (Å²) in [4.78, 5) is 29.7. The average molecular weight is 344 g/mol. The predicted molar refractivity (Wildman–Crippen MR) is 91.9 cm³/mol. The maximum absolute atomic E-state index is 12.7. The number of carbonyl (C=O) groups is 2. The molecule has 0 aliphatic heterocycles. The lowest BCUT2D eigenvalue weighted by atomic mass is 10.1. The standard InChI is InChI=1S/C19H24N2O4/c1-4-24-19(23)17-12(2)16(13(3)20-17)11-21(18(22)14-7-8-14)10-15-6-5-9-25-15/h5-6,9,14,20H,4,7-8,10-11H2,1-3H3. The topological polar surface area (TPSA) is 75.5 Å². The zero-order valence-electron chi connectivity index (χ0n) is 14.9. The molecule has 0 atom stereocenters. The van der Waals surface area contributed by atoms with Crippen LogP contribution in [0.2, 0.25) is 0 Å². The third-order valence-corrected chi connectivity index (χ3v) is 4.59. The molecule has 2 aromatic heterocycles. The van der Waals surface area contributed by atoms with Crippen molar-refractivity contribution in [1.29, 1.82) is 0 Å². The zero-order valence-corrected chi connectivity index (χ0v) is 14.9. The molecule has 1 aliphatic carbocycles. The van der Waals surface area contributed by atoms with E-state index in [2.05, 4.69) is 4.98 Å². The Bertz CT molecular complexity index is 757. The van der Waals surface area contributed by atoms with Crippen molar-refractivity contribution in [2.75, 3.05) is 6.61 Å². The number of hydrogen-bond acceptors (Lipinski definition) is 4. The van der Waals surface area contributed by atoms with Gasteiger partial charge in [-0.2, -0.15) is 0 Å². The van der Waals surface area contributed by atoms with Gasteiger partial charge < -0.3 is 19.0 Å². The van der Waals surface area contributed by atoms with Crippen LogP contribution in [0.3, 0.4) is 0 Å². The molecule has 0 bridgehead atoms. The molecule has 6 nitrogen and oxygen atoms in total. The number of rotatable bonds is 7. The van der Waals surface area contributed by atoms with E-state index >= 15 is 0 Å². The molecule has 3 rings (SSSR count). The number of carbonyl (C=O) groups excluding carboxylic acids is 2. The molecule has 1 aliphatic rings. The molecule has 1 fully saturated rings. The third-order valence-electron chi connectivity index (χ3n) is 4.59. The Hall–Kier alpha value is -2.50. The Labute approximate surface area is 147 Å². The summed E-state index contributed by atoms with van der Waals surface area (Å²) < 4.78 is 10.5. The van der Waals surface area contributed by atoms with Crippen LogP contribution in [0, 0.1) is 19.8 Å². The second kappa shape index (κ2) is 7.17. The van der Waals surface area contributed by atoms with Crippen molar-refractivity contribution in [2.24, 2.45) is 5.92 Å². The van der Waals surface area contributed by atoms with Crippen LogP contribution in [-0.4, -0.2) is 28.4 Å². The summed E-state index contributed by atoms with van der Waals surface area (Å²) in [6.45, 7) is 6.79. The van der Waals surface area contributed by atoms with Gasteiger partial charge in [0, 0.05) is 18.2 Å². The fraction of sp³-hybridized carbons (Fsp3) is 0.474. The van der Waals surface area contributed by atoms with Crippen LogP contribution in [0.25, 0.3) is 0 Å². The minimum Gasteiger partial charge on any atom is -0.467 e. The Balaban J connectivity index is 1.83. The number of aryl methyl sites for hydroxylation is 1. The maximum Gasteiger partial charge on any atom is 0.355 e. The van der Waals surface area contributed by atoms with Gasteiger partial charge in [0.15, 0.2) is 0 Å². The van der Waals surface area contributed by atoms with Crippen molar-refractivity contribution < 1.29 is 18.7 Å². The average Bonchev–Trinajstić information content (AvgIpc) is 3.24. The molecule has 2 aromatic rings. The normalized spacial score (nSPS) is 13.7. The number of esters is 1.